The minimum atomic E-state index is 0.308. The summed E-state index contributed by atoms with van der Waals surface area (Å²) >= 11 is 0. The molecule has 0 aliphatic heterocycles. The fourth-order valence-electron chi connectivity index (χ4n) is 2.18. The Morgan fingerprint density at radius 1 is 0.826 bits per heavy atom. The number of nitrogens with zero attached hydrogens (tertiary/aromatic N) is 1. The minimum Gasteiger partial charge on any atom is -0.396 e. The van der Waals surface area contributed by atoms with Gasteiger partial charge in [0.05, 0.1) is 0 Å². The van der Waals surface area contributed by atoms with Crippen LogP contribution in [-0.2, 0) is 0 Å². The molecular weight excluding hydrogens is 328 g/mol. The Kier molecular flexibility index (Phi) is 17.8. The Morgan fingerprint density at radius 3 is 2.09 bits per heavy atom. The fourth-order valence-corrected chi connectivity index (χ4v) is 4.21. The third-order valence-corrected chi connectivity index (χ3v) is 6.45. The highest BCUT2D eigenvalue weighted by Gasteiger charge is 2.04. The maximum Gasteiger partial charge on any atom is 0.0433 e. The van der Waals surface area contributed by atoms with Gasteiger partial charge in [0.25, 0.3) is 0 Å². The lowest BCUT2D eigenvalue weighted by Crippen LogP contribution is -2.24. The van der Waals surface area contributed by atoms with Crippen molar-refractivity contribution in [3.63, 3.8) is 0 Å². The van der Waals surface area contributed by atoms with Crippen molar-refractivity contribution >= 4 is 21.6 Å². The average molecular weight is 367 g/mol. The van der Waals surface area contributed by atoms with Crippen LogP contribution < -0.4 is 5.32 Å². The molecule has 0 spiro atoms. The summed E-state index contributed by atoms with van der Waals surface area (Å²) in [6, 6.07) is 0. The molecule has 0 saturated heterocycles. The molecule has 0 saturated carbocycles. The van der Waals surface area contributed by atoms with E-state index in [9.17, 15) is 0 Å². The molecule has 4 nitrogen and oxygen atoms in total. The molecule has 6 heteroatoms. The molecular formula is C17H38N2O2S2. The van der Waals surface area contributed by atoms with E-state index in [4.69, 9.17) is 10.2 Å². The van der Waals surface area contributed by atoms with Crippen molar-refractivity contribution in [1.29, 1.82) is 0 Å². The van der Waals surface area contributed by atoms with E-state index in [-0.39, 0.29) is 0 Å². The molecule has 0 aromatic rings. The average Bonchev–Trinajstić information content (AvgIpc) is 2.52. The van der Waals surface area contributed by atoms with E-state index in [1.807, 2.05) is 21.6 Å². The summed E-state index contributed by atoms with van der Waals surface area (Å²) in [4.78, 5) is 2.39. The fraction of sp³-hybridized carbons (Fsp3) is 1.00. The number of aliphatic hydroxyl groups excluding tert-OH is 2. The summed E-state index contributed by atoms with van der Waals surface area (Å²) in [5.41, 5.74) is 0. The third kappa shape index (κ3) is 17.2. The standard InChI is InChI=1S/C17H38N2O2S2/c1-16(6-12-20)4-8-18-9-14-22-23-15-11-19(3)10-5-17(2)7-13-21/h16-18,20-21H,4-15H2,1-3H3. The van der Waals surface area contributed by atoms with Gasteiger partial charge in [0.2, 0.25) is 0 Å². The molecule has 0 aromatic heterocycles. The number of rotatable bonds is 17. The van der Waals surface area contributed by atoms with Gasteiger partial charge in [-0.3, -0.25) is 0 Å². The SMILES string of the molecule is CC(CCO)CCNCCSSCCN(C)CCC(C)CCO. The largest absolute Gasteiger partial charge is 0.396 e. The molecule has 3 N–H and O–H groups in total. The first-order valence-electron chi connectivity index (χ1n) is 8.95. The maximum absolute atomic E-state index is 8.90. The Morgan fingerprint density at radius 2 is 1.43 bits per heavy atom. The molecule has 23 heavy (non-hydrogen) atoms. The van der Waals surface area contributed by atoms with Gasteiger partial charge in [0.1, 0.15) is 0 Å². The Bertz CT molecular complexity index is 249. The Balaban J connectivity index is 3.26. The van der Waals surface area contributed by atoms with Crippen LogP contribution in [0.3, 0.4) is 0 Å². The number of hydrogen-bond acceptors (Lipinski definition) is 6. The van der Waals surface area contributed by atoms with E-state index in [1.165, 1.54) is 12.2 Å². The number of hydrogen-bond donors (Lipinski definition) is 3. The normalized spacial score (nSPS) is 14.3. The van der Waals surface area contributed by atoms with Crippen LogP contribution >= 0.6 is 21.6 Å². The molecule has 0 radical (unpaired) electrons. The van der Waals surface area contributed by atoms with Gasteiger partial charge in [-0.25, -0.2) is 0 Å². The molecule has 2 atom stereocenters. The van der Waals surface area contributed by atoms with Crippen molar-refractivity contribution in [2.75, 3.05) is 57.9 Å². The maximum atomic E-state index is 8.90. The quantitative estimate of drug-likeness (QED) is 0.272. The molecule has 0 bridgehead atoms. The van der Waals surface area contributed by atoms with Crippen molar-refractivity contribution in [2.24, 2.45) is 11.8 Å². The summed E-state index contributed by atoms with van der Waals surface area (Å²) in [6.45, 7) is 9.42. The van der Waals surface area contributed by atoms with Gasteiger partial charge in [0, 0.05) is 37.8 Å². The van der Waals surface area contributed by atoms with Crippen LogP contribution in [0, 0.1) is 11.8 Å². The molecule has 140 valence electrons. The van der Waals surface area contributed by atoms with Crippen LogP contribution in [0.2, 0.25) is 0 Å². The predicted octanol–water partition coefficient (Wildman–Crippen LogP) is 2.71. The summed E-state index contributed by atoms with van der Waals surface area (Å²) in [5.74, 6) is 3.56. The lowest BCUT2D eigenvalue weighted by Gasteiger charge is -2.18. The van der Waals surface area contributed by atoms with E-state index < -0.39 is 0 Å². The first kappa shape index (κ1) is 23.5. The van der Waals surface area contributed by atoms with Crippen LogP contribution in [0.25, 0.3) is 0 Å². The highest BCUT2D eigenvalue weighted by molar-refractivity contribution is 8.76. The van der Waals surface area contributed by atoms with Gasteiger partial charge >= 0.3 is 0 Å². The van der Waals surface area contributed by atoms with Gasteiger partial charge in [-0.15, -0.1) is 0 Å². The van der Waals surface area contributed by atoms with Gasteiger partial charge < -0.3 is 20.4 Å². The molecule has 2 unspecified atom stereocenters. The zero-order valence-electron chi connectivity index (χ0n) is 15.3. The van der Waals surface area contributed by atoms with E-state index in [0.29, 0.717) is 25.0 Å². The molecule has 0 aliphatic rings. The second kappa shape index (κ2) is 17.4. The van der Waals surface area contributed by atoms with Gasteiger partial charge in [-0.2, -0.15) is 0 Å². The van der Waals surface area contributed by atoms with E-state index in [0.717, 1.165) is 51.2 Å². The third-order valence-electron chi connectivity index (χ3n) is 4.06. The molecule has 0 fully saturated rings. The summed E-state index contributed by atoms with van der Waals surface area (Å²) in [6.07, 6.45) is 4.16. The van der Waals surface area contributed by atoms with Crippen molar-refractivity contribution in [1.82, 2.24) is 10.2 Å². The monoisotopic (exact) mass is 366 g/mol. The second-order valence-electron chi connectivity index (χ2n) is 6.51. The molecule has 0 aromatic carbocycles. The summed E-state index contributed by atoms with van der Waals surface area (Å²) < 4.78 is 0. The van der Waals surface area contributed by atoms with Crippen molar-refractivity contribution in [2.45, 2.75) is 39.5 Å². The lowest BCUT2D eigenvalue weighted by atomic mass is 10.0. The molecule has 0 amide bonds. The highest BCUT2D eigenvalue weighted by atomic mass is 33.1. The Hall–Kier alpha value is 0.540. The van der Waals surface area contributed by atoms with Crippen LogP contribution in [0.15, 0.2) is 0 Å². The summed E-state index contributed by atoms with van der Waals surface area (Å²) in [5, 5.41) is 21.2. The van der Waals surface area contributed by atoms with Crippen molar-refractivity contribution in [3.8, 4) is 0 Å². The second-order valence-corrected chi connectivity index (χ2v) is 9.21. The van der Waals surface area contributed by atoms with Crippen LogP contribution in [0.1, 0.15) is 39.5 Å². The van der Waals surface area contributed by atoms with Crippen LogP contribution in [-0.4, -0.2) is 73.1 Å². The van der Waals surface area contributed by atoms with E-state index in [2.05, 4.69) is 31.1 Å². The smallest absolute Gasteiger partial charge is 0.0433 e. The zero-order chi connectivity index (χ0) is 17.3. The van der Waals surface area contributed by atoms with Crippen LogP contribution in [0.5, 0.6) is 0 Å². The first-order chi connectivity index (χ1) is 11.1. The zero-order valence-corrected chi connectivity index (χ0v) is 16.9. The predicted molar refractivity (Wildman–Crippen MR) is 106 cm³/mol. The topological polar surface area (TPSA) is 55.7 Å². The van der Waals surface area contributed by atoms with E-state index in [1.54, 1.807) is 0 Å². The minimum absolute atomic E-state index is 0.308. The van der Waals surface area contributed by atoms with Gasteiger partial charge in [0.15, 0.2) is 0 Å². The van der Waals surface area contributed by atoms with Crippen molar-refractivity contribution in [3.05, 3.63) is 0 Å². The van der Waals surface area contributed by atoms with Gasteiger partial charge in [-0.05, 0) is 57.7 Å². The van der Waals surface area contributed by atoms with Crippen LogP contribution in [0.4, 0.5) is 0 Å². The highest BCUT2D eigenvalue weighted by Crippen LogP contribution is 2.20. The number of aliphatic hydroxyl groups is 2. The lowest BCUT2D eigenvalue weighted by molar-refractivity contribution is 0.244. The summed E-state index contributed by atoms with van der Waals surface area (Å²) in [7, 11) is 6.10. The molecule has 0 rings (SSSR count). The van der Waals surface area contributed by atoms with E-state index >= 15 is 0 Å². The molecule has 0 aliphatic carbocycles. The molecule has 0 heterocycles. The van der Waals surface area contributed by atoms with Crippen molar-refractivity contribution < 1.29 is 10.2 Å². The van der Waals surface area contributed by atoms with Gasteiger partial charge in [-0.1, -0.05) is 35.4 Å². The number of nitrogens with one attached hydrogen (secondary N) is 1. The Labute approximate surface area is 151 Å². The first-order valence-corrected chi connectivity index (χ1v) is 11.4.